The molecule has 1 amide bonds. The summed E-state index contributed by atoms with van der Waals surface area (Å²) in [6.45, 7) is 4.58. The van der Waals surface area contributed by atoms with Crippen molar-refractivity contribution in [3.05, 3.63) is 90.0 Å². The van der Waals surface area contributed by atoms with E-state index < -0.39 is 0 Å². The van der Waals surface area contributed by atoms with Gasteiger partial charge < -0.3 is 5.32 Å². The maximum absolute atomic E-state index is 12.6. The zero-order valence-corrected chi connectivity index (χ0v) is 14.4. The van der Waals surface area contributed by atoms with E-state index in [0.29, 0.717) is 6.54 Å². The molecular weight excluding hydrogens is 294 g/mol. The Morgan fingerprint density at radius 2 is 1.62 bits per heavy atom. The van der Waals surface area contributed by atoms with E-state index in [-0.39, 0.29) is 17.7 Å². The van der Waals surface area contributed by atoms with Gasteiger partial charge in [0.15, 0.2) is 0 Å². The van der Waals surface area contributed by atoms with Gasteiger partial charge in [0.05, 0.1) is 5.92 Å². The van der Waals surface area contributed by atoms with Crippen LogP contribution >= 0.6 is 0 Å². The molecule has 0 spiro atoms. The van der Waals surface area contributed by atoms with Gasteiger partial charge in [0.2, 0.25) is 5.91 Å². The van der Waals surface area contributed by atoms with Crippen LogP contribution in [-0.4, -0.2) is 5.91 Å². The van der Waals surface area contributed by atoms with Crippen LogP contribution in [0.1, 0.15) is 25.0 Å². The second-order valence-corrected chi connectivity index (χ2v) is 5.88. The third kappa shape index (κ3) is 5.54. The molecule has 0 radical (unpaired) electrons. The van der Waals surface area contributed by atoms with E-state index in [0.717, 1.165) is 11.1 Å². The van der Waals surface area contributed by atoms with E-state index >= 15 is 0 Å². The molecule has 2 heteroatoms. The van der Waals surface area contributed by atoms with E-state index in [1.54, 1.807) is 0 Å². The molecule has 24 heavy (non-hydrogen) atoms. The van der Waals surface area contributed by atoms with Crippen molar-refractivity contribution in [2.45, 2.75) is 20.4 Å². The molecule has 0 aliphatic heterocycles. The van der Waals surface area contributed by atoms with Crippen LogP contribution in [0.5, 0.6) is 0 Å². The van der Waals surface area contributed by atoms with Crippen LogP contribution in [0.3, 0.4) is 0 Å². The standard InChI is InChI=1S/C22H25NO/c1-3-10-21(18(2)15-16-19-11-6-4-7-12-19)22(24)23-17-20-13-8-5-9-14-20/h3-16,18,21H,17H2,1-2H3,(H,23,24)/b10-3+,16-15+/t18-,21+/m0/s1. The number of carbonyl (C=O) groups excluding carboxylic acids is 1. The summed E-state index contributed by atoms with van der Waals surface area (Å²) in [6, 6.07) is 20.1. The van der Waals surface area contributed by atoms with Crippen molar-refractivity contribution in [1.82, 2.24) is 5.32 Å². The monoisotopic (exact) mass is 319 g/mol. The van der Waals surface area contributed by atoms with E-state index in [9.17, 15) is 4.79 Å². The van der Waals surface area contributed by atoms with Crippen LogP contribution in [0.2, 0.25) is 0 Å². The number of hydrogen-bond donors (Lipinski definition) is 1. The van der Waals surface area contributed by atoms with Crippen LogP contribution in [0.25, 0.3) is 6.08 Å². The lowest BCUT2D eigenvalue weighted by atomic mass is 9.91. The number of hydrogen-bond acceptors (Lipinski definition) is 1. The first kappa shape index (κ1) is 17.7. The van der Waals surface area contributed by atoms with Gasteiger partial charge in [-0.1, -0.05) is 91.9 Å². The minimum absolute atomic E-state index is 0.0576. The van der Waals surface area contributed by atoms with Crippen molar-refractivity contribution in [1.29, 1.82) is 0 Å². The topological polar surface area (TPSA) is 29.1 Å². The number of carbonyl (C=O) groups is 1. The van der Waals surface area contributed by atoms with Gasteiger partial charge in [-0.15, -0.1) is 0 Å². The van der Waals surface area contributed by atoms with E-state index in [1.807, 2.05) is 67.6 Å². The Balaban J connectivity index is 1.99. The lowest BCUT2D eigenvalue weighted by Gasteiger charge is -2.18. The Bertz CT molecular complexity index is 674. The number of allylic oxidation sites excluding steroid dienone is 2. The maximum Gasteiger partial charge on any atom is 0.227 e. The Kier molecular flexibility index (Phi) is 7.03. The molecule has 2 atom stereocenters. The molecule has 0 unspecified atom stereocenters. The largest absolute Gasteiger partial charge is 0.351 e. The second-order valence-electron chi connectivity index (χ2n) is 5.88. The van der Waals surface area contributed by atoms with Gasteiger partial charge in [-0.2, -0.15) is 0 Å². The Labute approximate surface area is 144 Å². The summed E-state index contributed by atoms with van der Waals surface area (Å²) in [5.41, 5.74) is 2.26. The average Bonchev–Trinajstić information content (AvgIpc) is 2.64. The smallest absolute Gasteiger partial charge is 0.227 e. The molecule has 2 nitrogen and oxygen atoms in total. The van der Waals surface area contributed by atoms with Gasteiger partial charge in [-0.3, -0.25) is 4.79 Å². The molecule has 0 aliphatic carbocycles. The van der Waals surface area contributed by atoms with Gasteiger partial charge >= 0.3 is 0 Å². The van der Waals surface area contributed by atoms with Gasteiger partial charge in [0.1, 0.15) is 0 Å². The summed E-state index contributed by atoms with van der Waals surface area (Å²) in [5.74, 6) is 0.0121. The summed E-state index contributed by atoms with van der Waals surface area (Å²) >= 11 is 0. The lowest BCUT2D eigenvalue weighted by Crippen LogP contribution is -2.32. The minimum atomic E-state index is -0.168. The fourth-order valence-corrected chi connectivity index (χ4v) is 2.56. The minimum Gasteiger partial charge on any atom is -0.351 e. The van der Waals surface area contributed by atoms with Crippen LogP contribution in [0.4, 0.5) is 0 Å². The van der Waals surface area contributed by atoms with Crippen molar-refractivity contribution in [2.24, 2.45) is 11.8 Å². The van der Waals surface area contributed by atoms with Gasteiger partial charge in [0.25, 0.3) is 0 Å². The van der Waals surface area contributed by atoms with Crippen LogP contribution in [0.15, 0.2) is 78.9 Å². The van der Waals surface area contributed by atoms with Crippen LogP contribution in [0, 0.1) is 11.8 Å². The average molecular weight is 319 g/mol. The van der Waals surface area contributed by atoms with E-state index in [1.165, 1.54) is 0 Å². The molecule has 2 aromatic rings. The predicted octanol–water partition coefficient (Wildman–Crippen LogP) is 4.84. The van der Waals surface area contributed by atoms with Crippen LogP contribution < -0.4 is 5.32 Å². The second kappa shape index (κ2) is 9.51. The molecule has 0 saturated heterocycles. The molecule has 0 aliphatic rings. The maximum atomic E-state index is 12.6. The molecular formula is C22H25NO. The Hall–Kier alpha value is -2.61. The summed E-state index contributed by atoms with van der Waals surface area (Å²) in [4.78, 5) is 12.6. The van der Waals surface area contributed by atoms with Gasteiger partial charge in [-0.05, 0) is 24.0 Å². The molecule has 124 valence electrons. The first-order chi connectivity index (χ1) is 11.7. The first-order valence-corrected chi connectivity index (χ1v) is 8.38. The molecule has 1 N–H and O–H groups in total. The molecule has 0 heterocycles. The van der Waals surface area contributed by atoms with Crippen LogP contribution in [-0.2, 0) is 11.3 Å². The summed E-state index contributed by atoms with van der Waals surface area (Å²) < 4.78 is 0. The quantitative estimate of drug-likeness (QED) is 0.727. The fourth-order valence-electron chi connectivity index (χ4n) is 2.56. The molecule has 2 aromatic carbocycles. The van der Waals surface area contributed by atoms with Gasteiger partial charge in [0, 0.05) is 6.54 Å². The summed E-state index contributed by atoms with van der Waals surface area (Å²) in [5, 5.41) is 3.04. The summed E-state index contributed by atoms with van der Waals surface area (Å²) in [7, 11) is 0. The Morgan fingerprint density at radius 3 is 2.25 bits per heavy atom. The van der Waals surface area contributed by atoms with Crippen molar-refractivity contribution >= 4 is 12.0 Å². The SMILES string of the molecule is C/C=C/[C@@H](C(=O)NCc1ccccc1)[C@@H](C)/C=C/c1ccccc1. The van der Waals surface area contributed by atoms with Gasteiger partial charge in [-0.25, -0.2) is 0 Å². The van der Waals surface area contributed by atoms with E-state index in [4.69, 9.17) is 0 Å². The van der Waals surface area contributed by atoms with Crippen molar-refractivity contribution in [3.63, 3.8) is 0 Å². The lowest BCUT2D eigenvalue weighted by molar-refractivity contribution is -0.124. The third-order valence-corrected chi connectivity index (χ3v) is 3.97. The normalized spacial score (nSPS) is 13.9. The highest BCUT2D eigenvalue weighted by Crippen LogP contribution is 2.17. The number of amides is 1. The predicted molar refractivity (Wildman–Crippen MR) is 101 cm³/mol. The zero-order chi connectivity index (χ0) is 17.2. The molecule has 2 rings (SSSR count). The number of benzene rings is 2. The zero-order valence-electron chi connectivity index (χ0n) is 14.4. The molecule has 0 aromatic heterocycles. The van der Waals surface area contributed by atoms with Crippen molar-refractivity contribution in [3.8, 4) is 0 Å². The highest BCUT2D eigenvalue weighted by molar-refractivity contribution is 5.81. The Morgan fingerprint density at radius 1 is 1.00 bits per heavy atom. The highest BCUT2D eigenvalue weighted by Gasteiger charge is 2.20. The number of rotatable bonds is 7. The fraction of sp³-hybridized carbons (Fsp3) is 0.227. The molecule has 0 fully saturated rings. The van der Waals surface area contributed by atoms with Crippen molar-refractivity contribution < 1.29 is 4.79 Å². The third-order valence-electron chi connectivity index (χ3n) is 3.97. The first-order valence-electron chi connectivity index (χ1n) is 8.38. The highest BCUT2D eigenvalue weighted by atomic mass is 16.1. The summed E-state index contributed by atoms with van der Waals surface area (Å²) in [6.07, 6.45) is 8.09. The van der Waals surface area contributed by atoms with E-state index in [2.05, 4.69) is 36.5 Å². The molecule has 0 bridgehead atoms. The molecule has 0 saturated carbocycles. The number of nitrogens with one attached hydrogen (secondary N) is 1. The van der Waals surface area contributed by atoms with Crippen molar-refractivity contribution in [2.75, 3.05) is 0 Å².